The minimum absolute atomic E-state index is 0.227. The molecule has 0 saturated heterocycles. The van der Waals surface area contributed by atoms with Crippen LogP contribution in [0.4, 0.5) is 5.69 Å². The minimum atomic E-state index is -0.323. The highest BCUT2D eigenvalue weighted by molar-refractivity contribution is 6.06. The van der Waals surface area contributed by atoms with Crippen molar-refractivity contribution in [2.24, 2.45) is 0 Å². The van der Waals surface area contributed by atoms with Gasteiger partial charge in [0.1, 0.15) is 11.4 Å². The lowest BCUT2D eigenvalue weighted by Crippen LogP contribution is -2.26. The number of hydrogen-bond acceptors (Lipinski definition) is 4. The van der Waals surface area contributed by atoms with Gasteiger partial charge in [0.25, 0.3) is 11.8 Å². The van der Waals surface area contributed by atoms with Gasteiger partial charge in [0.2, 0.25) is 0 Å². The molecule has 0 bridgehead atoms. The summed E-state index contributed by atoms with van der Waals surface area (Å²) in [5.74, 6) is -0.0212. The van der Waals surface area contributed by atoms with Crippen LogP contribution in [0.1, 0.15) is 52.6 Å². The molecule has 6 heteroatoms. The van der Waals surface area contributed by atoms with Crippen LogP contribution in [0.15, 0.2) is 36.5 Å². The zero-order valence-corrected chi connectivity index (χ0v) is 15.5. The monoisotopic (exact) mass is 355 g/mol. The molecule has 0 aliphatic rings. The Balaban J connectivity index is 2.08. The highest BCUT2D eigenvalue weighted by atomic mass is 16.5. The summed E-state index contributed by atoms with van der Waals surface area (Å²) in [6, 6.07) is 8.60. The van der Waals surface area contributed by atoms with Gasteiger partial charge in [0, 0.05) is 18.3 Å². The first-order valence-electron chi connectivity index (χ1n) is 8.75. The third-order valence-corrected chi connectivity index (χ3v) is 3.92. The fourth-order valence-electron chi connectivity index (χ4n) is 2.48. The van der Waals surface area contributed by atoms with Gasteiger partial charge in [0.15, 0.2) is 0 Å². The van der Waals surface area contributed by atoms with E-state index in [9.17, 15) is 9.59 Å². The molecule has 0 unspecified atom stereocenters. The number of carbonyl (C=O) groups is 2. The van der Waals surface area contributed by atoms with E-state index in [0.717, 1.165) is 24.8 Å². The van der Waals surface area contributed by atoms with Crippen LogP contribution in [0, 0.1) is 6.92 Å². The summed E-state index contributed by atoms with van der Waals surface area (Å²) in [5, 5.41) is 5.64. The van der Waals surface area contributed by atoms with Crippen LogP contribution in [-0.4, -0.2) is 30.5 Å². The molecule has 1 aromatic carbocycles. The van der Waals surface area contributed by atoms with Crippen LogP contribution in [0.2, 0.25) is 0 Å². The topological polar surface area (TPSA) is 80.3 Å². The van der Waals surface area contributed by atoms with Crippen LogP contribution in [0.3, 0.4) is 0 Å². The van der Waals surface area contributed by atoms with Gasteiger partial charge < -0.3 is 15.4 Å². The second-order valence-electron chi connectivity index (χ2n) is 6.05. The average Bonchev–Trinajstić information content (AvgIpc) is 2.65. The molecule has 1 heterocycles. The predicted molar refractivity (Wildman–Crippen MR) is 102 cm³/mol. The first-order chi connectivity index (χ1) is 12.5. The fourth-order valence-corrected chi connectivity index (χ4v) is 2.48. The lowest BCUT2D eigenvalue weighted by atomic mass is 10.1. The Labute approximate surface area is 154 Å². The van der Waals surface area contributed by atoms with E-state index in [2.05, 4.69) is 22.5 Å². The van der Waals surface area contributed by atoms with E-state index in [-0.39, 0.29) is 17.5 Å². The Morgan fingerprint density at radius 2 is 1.92 bits per heavy atom. The van der Waals surface area contributed by atoms with Gasteiger partial charge in [-0.3, -0.25) is 14.6 Å². The Morgan fingerprint density at radius 3 is 2.65 bits per heavy atom. The van der Waals surface area contributed by atoms with Gasteiger partial charge in [-0.15, -0.1) is 0 Å². The highest BCUT2D eigenvalue weighted by Gasteiger charge is 2.13. The molecule has 0 atom stereocenters. The standard InChI is InChI=1S/C20H25N3O3/c1-4-5-6-10-22-20(25)17-13-15(9-11-21-17)19(24)23-16-12-14(2)7-8-18(16)26-3/h7-9,11-13H,4-6,10H2,1-3H3,(H,22,25)(H,23,24). The lowest BCUT2D eigenvalue weighted by Gasteiger charge is -2.11. The Bertz CT molecular complexity index is 775. The molecule has 2 N–H and O–H groups in total. The smallest absolute Gasteiger partial charge is 0.269 e. The summed E-state index contributed by atoms with van der Waals surface area (Å²) >= 11 is 0. The van der Waals surface area contributed by atoms with E-state index in [1.54, 1.807) is 19.2 Å². The second-order valence-corrected chi connectivity index (χ2v) is 6.05. The molecule has 1 aromatic heterocycles. The van der Waals surface area contributed by atoms with Gasteiger partial charge in [-0.25, -0.2) is 0 Å². The molecule has 0 aliphatic carbocycles. The summed E-state index contributed by atoms with van der Waals surface area (Å²) < 4.78 is 5.27. The molecule has 0 spiro atoms. The molecule has 138 valence electrons. The van der Waals surface area contributed by atoms with Gasteiger partial charge in [-0.05, 0) is 43.2 Å². The van der Waals surface area contributed by atoms with Crippen molar-refractivity contribution in [1.82, 2.24) is 10.3 Å². The lowest BCUT2D eigenvalue weighted by molar-refractivity contribution is 0.0948. The summed E-state index contributed by atoms with van der Waals surface area (Å²) in [7, 11) is 1.55. The predicted octanol–water partition coefficient (Wildman–Crippen LogP) is 3.57. The van der Waals surface area contributed by atoms with Crippen molar-refractivity contribution in [3.05, 3.63) is 53.3 Å². The average molecular weight is 355 g/mol. The fraction of sp³-hybridized carbons (Fsp3) is 0.350. The molecule has 0 fully saturated rings. The molecule has 2 rings (SSSR count). The normalized spacial score (nSPS) is 10.3. The third-order valence-electron chi connectivity index (χ3n) is 3.92. The molecule has 6 nitrogen and oxygen atoms in total. The summed E-state index contributed by atoms with van der Waals surface area (Å²) in [4.78, 5) is 28.8. The zero-order chi connectivity index (χ0) is 18.9. The van der Waals surface area contributed by atoms with E-state index < -0.39 is 0 Å². The number of methoxy groups -OCH3 is 1. The molecule has 0 aliphatic heterocycles. The van der Waals surface area contributed by atoms with Gasteiger partial charge >= 0.3 is 0 Å². The summed E-state index contributed by atoms with van der Waals surface area (Å²) in [6.45, 7) is 4.64. The molecule has 0 radical (unpaired) electrons. The quantitative estimate of drug-likeness (QED) is 0.710. The van der Waals surface area contributed by atoms with Crippen LogP contribution >= 0.6 is 0 Å². The van der Waals surface area contributed by atoms with Crippen molar-refractivity contribution in [2.75, 3.05) is 19.0 Å². The van der Waals surface area contributed by atoms with Crippen LogP contribution < -0.4 is 15.4 Å². The maximum absolute atomic E-state index is 12.5. The number of ether oxygens (including phenoxy) is 1. The first kappa shape index (κ1) is 19.4. The molecular weight excluding hydrogens is 330 g/mol. The van der Waals surface area contributed by atoms with Crippen molar-refractivity contribution in [3.8, 4) is 5.75 Å². The Kier molecular flexibility index (Phi) is 7.14. The van der Waals surface area contributed by atoms with E-state index in [1.807, 2.05) is 19.1 Å². The Hall–Kier alpha value is -2.89. The number of nitrogens with zero attached hydrogens (tertiary/aromatic N) is 1. The van der Waals surface area contributed by atoms with Crippen molar-refractivity contribution in [1.29, 1.82) is 0 Å². The van der Waals surface area contributed by atoms with Crippen LogP contribution in [0.5, 0.6) is 5.75 Å². The van der Waals surface area contributed by atoms with E-state index in [0.29, 0.717) is 23.5 Å². The van der Waals surface area contributed by atoms with Gasteiger partial charge in [0.05, 0.1) is 12.8 Å². The number of nitrogens with one attached hydrogen (secondary N) is 2. The summed E-state index contributed by atoms with van der Waals surface area (Å²) in [5.41, 5.74) is 2.18. The van der Waals surface area contributed by atoms with Crippen molar-refractivity contribution < 1.29 is 14.3 Å². The number of carbonyl (C=O) groups excluding carboxylic acids is 2. The molecule has 26 heavy (non-hydrogen) atoms. The minimum Gasteiger partial charge on any atom is -0.495 e. The molecule has 2 aromatic rings. The molecular formula is C20H25N3O3. The van der Waals surface area contributed by atoms with Crippen LogP contribution in [0.25, 0.3) is 0 Å². The Morgan fingerprint density at radius 1 is 1.12 bits per heavy atom. The number of benzene rings is 1. The third kappa shape index (κ3) is 5.31. The summed E-state index contributed by atoms with van der Waals surface area (Å²) in [6.07, 6.45) is 4.54. The number of anilines is 1. The molecule has 0 saturated carbocycles. The number of pyridine rings is 1. The first-order valence-corrected chi connectivity index (χ1v) is 8.75. The largest absolute Gasteiger partial charge is 0.495 e. The van der Waals surface area contributed by atoms with Crippen molar-refractivity contribution in [2.45, 2.75) is 33.1 Å². The highest BCUT2D eigenvalue weighted by Crippen LogP contribution is 2.25. The second kappa shape index (κ2) is 9.56. The number of rotatable bonds is 8. The van der Waals surface area contributed by atoms with Crippen molar-refractivity contribution in [3.63, 3.8) is 0 Å². The maximum atomic E-state index is 12.5. The SMILES string of the molecule is CCCCCNC(=O)c1cc(C(=O)Nc2cc(C)ccc2OC)ccn1. The number of unbranched alkanes of at least 4 members (excludes halogenated alkanes) is 2. The van der Waals surface area contributed by atoms with Crippen molar-refractivity contribution >= 4 is 17.5 Å². The zero-order valence-electron chi connectivity index (χ0n) is 15.5. The van der Waals surface area contributed by atoms with E-state index in [4.69, 9.17) is 4.74 Å². The number of aromatic nitrogens is 1. The van der Waals surface area contributed by atoms with E-state index in [1.165, 1.54) is 12.3 Å². The van der Waals surface area contributed by atoms with Gasteiger partial charge in [-0.1, -0.05) is 25.8 Å². The van der Waals surface area contributed by atoms with Crippen LogP contribution in [-0.2, 0) is 0 Å². The molecule has 2 amide bonds. The number of hydrogen-bond donors (Lipinski definition) is 2. The maximum Gasteiger partial charge on any atom is 0.269 e. The van der Waals surface area contributed by atoms with E-state index >= 15 is 0 Å². The number of amides is 2. The number of aryl methyl sites for hydroxylation is 1. The van der Waals surface area contributed by atoms with Gasteiger partial charge in [-0.2, -0.15) is 0 Å².